The van der Waals surface area contributed by atoms with Crippen LogP contribution in [0.5, 0.6) is 0 Å². The molecule has 0 saturated heterocycles. The molecule has 3 aromatic heterocycles. The first-order valence-electron chi connectivity index (χ1n) is 21.7. The number of rotatable bonds is 7. The van der Waals surface area contributed by atoms with Crippen LogP contribution in [0.4, 0.5) is 17.1 Å². The van der Waals surface area contributed by atoms with Crippen LogP contribution in [0.25, 0.3) is 105 Å². The molecule has 0 unspecified atom stereocenters. The Bertz CT molecular complexity index is 3840. The maximum Gasteiger partial charge on any atom is 0.143 e. The van der Waals surface area contributed by atoms with E-state index in [0.29, 0.717) is 0 Å². The van der Waals surface area contributed by atoms with Gasteiger partial charge in [-0.05, 0) is 107 Å². The lowest BCUT2D eigenvalue weighted by molar-refractivity contribution is 0.669. The van der Waals surface area contributed by atoms with Gasteiger partial charge in [-0.15, -0.1) is 0 Å². The van der Waals surface area contributed by atoms with Crippen molar-refractivity contribution in [2.45, 2.75) is 0 Å². The molecule has 0 bridgehead atoms. The predicted molar refractivity (Wildman–Crippen MR) is 266 cm³/mol. The zero-order valence-electron chi connectivity index (χ0n) is 34.7. The van der Waals surface area contributed by atoms with Gasteiger partial charge in [0.1, 0.15) is 22.3 Å². The first-order chi connectivity index (χ1) is 31.7. The van der Waals surface area contributed by atoms with Crippen LogP contribution < -0.4 is 4.90 Å². The van der Waals surface area contributed by atoms with Crippen molar-refractivity contribution in [3.05, 3.63) is 231 Å². The first kappa shape index (κ1) is 36.1. The lowest BCUT2D eigenvalue weighted by Gasteiger charge is -2.27. The monoisotopic (exact) mass is 818 g/mol. The van der Waals surface area contributed by atoms with E-state index in [2.05, 4.69) is 222 Å². The van der Waals surface area contributed by atoms with Crippen LogP contribution in [-0.2, 0) is 0 Å². The van der Waals surface area contributed by atoms with Gasteiger partial charge in [-0.2, -0.15) is 0 Å². The Balaban J connectivity index is 1.01. The van der Waals surface area contributed by atoms with E-state index in [-0.39, 0.29) is 0 Å². The zero-order chi connectivity index (χ0) is 42.1. The average molecular weight is 819 g/mol. The van der Waals surface area contributed by atoms with Crippen LogP contribution in [0.3, 0.4) is 0 Å². The zero-order valence-corrected chi connectivity index (χ0v) is 34.7. The Morgan fingerprint density at radius 1 is 0.312 bits per heavy atom. The molecule has 0 atom stereocenters. The van der Waals surface area contributed by atoms with E-state index in [1.807, 2.05) is 18.2 Å². The molecule has 10 aromatic carbocycles. The molecular weight excluding hydrogens is 781 g/mol. The normalized spacial score (nSPS) is 11.8. The van der Waals surface area contributed by atoms with Gasteiger partial charge in [0, 0.05) is 60.6 Å². The highest BCUT2D eigenvalue weighted by Gasteiger charge is 2.21. The van der Waals surface area contributed by atoms with Gasteiger partial charge in [-0.3, -0.25) is 0 Å². The summed E-state index contributed by atoms with van der Waals surface area (Å²) in [7, 11) is 0. The quantitative estimate of drug-likeness (QED) is 0.161. The third-order valence-corrected chi connectivity index (χ3v) is 12.8. The van der Waals surface area contributed by atoms with Crippen molar-refractivity contribution in [3.8, 4) is 39.1 Å². The first-order valence-corrected chi connectivity index (χ1v) is 21.7. The topological polar surface area (TPSA) is 34.5 Å². The van der Waals surface area contributed by atoms with E-state index in [1.54, 1.807) is 0 Å². The molecular formula is C60H38N2O2. The molecule has 3 heterocycles. The van der Waals surface area contributed by atoms with E-state index in [9.17, 15) is 0 Å². The van der Waals surface area contributed by atoms with Crippen LogP contribution in [-0.4, -0.2) is 4.57 Å². The molecule has 0 aliphatic rings. The van der Waals surface area contributed by atoms with Crippen molar-refractivity contribution in [1.82, 2.24) is 4.57 Å². The van der Waals surface area contributed by atoms with E-state index in [1.165, 1.54) is 32.9 Å². The van der Waals surface area contributed by atoms with Crippen LogP contribution in [0.15, 0.2) is 239 Å². The Labute approximate surface area is 369 Å². The third kappa shape index (κ3) is 5.77. The largest absolute Gasteiger partial charge is 0.456 e. The number of furan rings is 2. The summed E-state index contributed by atoms with van der Waals surface area (Å²) < 4.78 is 15.5. The number of benzene rings is 10. The fourth-order valence-corrected chi connectivity index (χ4v) is 9.85. The summed E-state index contributed by atoms with van der Waals surface area (Å²) in [4.78, 5) is 2.37. The fourth-order valence-electron chi connectivity index (χ4n) is 9.85. The highest BCUT2D eigenvalue weighted by Crippen LogP contribution is 2.45. The summed E-state index contributed by atoms with van der Waals surface area (Å²) in [6, 6.07) is 82.2. The molecule has 0 saturated carbocycles. The maximum absolute atomic E-state index is 6.81. The minimum Gasteiger partial charge on any atom is -0.456 e. The van der Waals surface area contributed by atoms with E-state index in [0.717, 1.165) is 88.9 Å². The molecule has 13 aromatic rings. The Hall–Kier alpha value is -8.60. The van der Waals surface area contributed by atoms with Gasteiger partial charge in [0.2, 0.25) is 0 Å². The number of nitrogens with zero attached hydrogens (tertiary/aromatic N) is 2. The molecule has 300 valence electrons. The second-order valence-corrected chi connectivity index (χ2v) is 16.5. The highest BCUT2D eigenvalue weighted by atomic mass is 16.3. The van der Waals surface area contributed by atoms with Gasteiger partial charge in [-0.25, -0.2) is 0 Å². The number of hydrogen-bond acceptors (Lipinski definition) is 3. The highest BCUT2D eigenvalue weighted by molar-refractivity contribution is 6.14. The van der Waals surface area contributed by atoms with Gasteiger partial charge in [0.05, 0.1) is 11.0 Å². The SMILES string of the molecule is c1ccc(-c2ccc(N(c3ccc(-c4cccc5oc6ccccc6c45)cc3)c3cc(-c4cccc(-n5c6ccccc6c6ccccc65)c4)c4oc5ccccc5c4c3)cc2)cc1. The predicted octanol–water partition coefficient (Wildman–Crippen LogP) is 17.1. The summed E-state index contributed by atoms with van der Waals surface area (Å²) in [5, 5.41) is 6.86. The number of para-hydroxylation sites is 4. The third-order valence-electron chi connectivity index (χ3n) is 12.8. The van der Waals surface area contributed by atoms with Crippen molar-refractivity contribution < 1.29 is 8.83 Å². The molecule has 0 radical (unpaired) electrons. The Morgan fingerprint density at radius 3 is 1.58 bits per heavy atom. The number of aromatic nitrogens is 1. The van der Waals surface area contributed by atoms with Crippen LogP contribution in [0, 0.1) is 0 Å². The van der Waals surface area contributed by atoms with Crippen molar-refractivity contribution in [1.29, 1.82) is 0 Å². The minimum atomic E-state index is 0.860. The fraction of sp³-hybridized carbons (Fsp3) is 0. The smallest absolute Gasteiger partial charge is 0.143 e. The summed E-state index contributed by atoms with van der Waals surface area (Å²) in [5.41, 5.74) is 16.8. The Kier molecular flexibility index (Phi) is 8.18. The van der Waals surface area contributed by atoms with E-state index < -0.39 is 0 Å². The van der Waals surface area contributed by atoms with Crippen molar-refractivity contribution >= 4 is 82.7 Å². The second-order valence-electron chi connectivity index (χ2n) is 16.5. The van der Waals surface area contributed by atoms with Crippen LogP contribution in [0.1, 0.15) is 0 Å². The molecule has 0 N–H and O–H groups in total. The molecule has 4 heteroatoms. The maximum atomic E-state index is 6.81. The lowest BCUT2D eigenvalue weighted by Crippen LogP contribution is -2.10. The Morgan fingerprint density at radius 2 is 0.859 bits per heavy atom. The molecule has 0 amide bonds. The number of hydrogen-bond donors (Lipinski definition) is 0. The summed E-state index contributed by atoms with van der Waals surface area (Å²) in [5.74, 6) is 0. The number of fused-ring (bicyclic) bond motifs is 9. The van der Waals surface area contributed by atoms with Crippen molar-refractivity contribution in [2.75, 3.05) is 4.90 Å². The van der Waals surface area contributed by atoms with E-state index >= 15 is 0 Å². The van der Waals surface area contributed by atoms with Gasteiger partial charge in [0.15, 0.2) is 0 Å². The summed E-state index contributed by atoms with van der Waals surface area (Å²) >= 11 is 0. The van der Waals surface area contributed by atoms with Crippen LogP contribution >= 0.6 is 0 Å². The number of anilines is 3. The molecule has 64 heavy (non-hydrogen) atoms. The molecule has 0 fully saturated rings. The molecule has 0 spiro atoms. The summed E-state index contributed by atoms with van der Waals surface area (Å²) in [6.45, 7) is 0. The van der Waals surface area contributed by atoms with Crippen molar-refractivity contribution in [3.63, 3.8) is 0 Å². The average Bonchev–Trinajstić information content (AvgIpc) is 4.05. The minimum absolute atomic E-state index is 0.860. The second kappa shape index (κ2) is 14.5. The van der Waals surface area contributed by atoms with Crippen molar-refractivity contribution in [2.24, 2.45) is 0 Å². The summed E-state index contributed by atoms with van der Waals surface area (Å²) in [6.07, 6.45) is 0. The van der Waals surface area contributed by atoms with Gasteiger partial charge in [0.25, 0.3) is 0 Å². The lowest BCUT2D eigenvalue weighted by atomic mass is 9.98. The molecule has 0 aliphatic heterocycles. The molecule has 4 nitrogen and oxygen atoms in total. The van der Waals surface area contributed by atoms with E-state index in [4.69, 9.17) is 8.83 Å². The van der Waals surface area contributed by atoms with Gasteiger partial charge in [-0.1, -0.05) is 152 Å². The van der Waals surface area contributed by atoms with Gasteiger partial charge < -0.3 is 18.3 Å². The molecule has 13 rings (SSSR count). The standard InChI is InChI=1S/C60H38N2O2/c1-2-14-39(15-3-1)40-28-32-43(33-29-40)61(44-34-30-41(31-35-44)47-22-13-27-58-59(47)51-21-7-11-26-57(51)63-58)46-37-52(60-53(38-46)50-20-6-10-25-56(50)64-60)42-16-12-17-45(36-42)62-54-23-8-4-18-48(54)49-19-5-9-24-55(49)62/h1-38H. The molecule has 0 aliphatic carbocycles. The van der Waals surface area contributed by atoms with Crippen LogP contribution in [0.2, 0.25) is 0 Å². The van der Waals surface area contributed by atoms with Gasteiger partial charge >= 0.3 is 0 Å².